The van der Waals surface area contributed by atoms with E-state index in [1.165, 1.54) is 16.5 Å². The molecule has 0 spiro atoms. The molecule has 3 heterocycles. The zero-order valence-electron chi connectivity index (χ0n) is 26.6. The maximum absolute atomic E-state index is 6.78. The largest absolute Gasteiger partial charge is 0.455 e. The lowest BCUT2D eigenvalue weighted by molar-refractivity contribution is 0.665. The average Bonchev–Trinajstić information content (AvgIpc) is 3.64. The first-order valence-electron chi connectivity index (χ1n) is 16.7. The topological polar surface area (TPSA) is 38.6 Å². The summed E-state index contributed by atoms with van der Waals surface area (Å²) in [6, 6.07) is 52.9. The van der Waals surface area contributed by atoms with Gasteiger partial charge in [0, 0.05) is 38.2 Å². The second-order valence-electron chi connectivity index (χ2n) is 12.6. The molecule has 0 bridgehead atoms. The molecule has 49 heavy (non-hydrogen) atoms. The van der Waals surface area contributed by atoms with E-state index in [2.05, 4.69) is 146 Å². The van der Waals surface area contributed by atoms with Gasteiger partial charge in [-0.2, -0.15) is 0 Å². The van der Waals surface area contributed by atoms with Gasteiger partial charge in [-0.15, -0.1) is 0 Å². The van der Waals surface area contributed by atoms with Gasteiger partial charge < -0.3 is 8.83 Å². The van der Waals surface area contributed by atoms with E-state index in [0.29, 0.717) is 0 Å². The minimum atomic E-state index is 0.775. The van der Waals surface area contributed by atoms with Gasteiger partial charge in [-0.25, -0.2) is 4.99 Å². The number of nitrogens with zero attached hydrogens (tertiary/aromatic N) is 1. The Morgan fingerprint density at radius 2 is 1.12 bits per heavy atom. The Balaban J connectivity index is 1.23. The minimum absolute atomic E-state index is 0.775. The zero-order chi connectivity index (χ0) is 32.3. The van der Waals surface area contributed by atoms with Crippen molar-refractivity contribution in [2.75, 3.05) is 0 Å². The maximum atomic E-state index is 6.78. The van der Waals surface area contributed by atoms with Crippen molar-refractivity contribution in [3.63, 3.8) is 0 Å². The molecule has 0 unspecified atom stereocenters. The highest BCUT2D eigenvalue weighted by Gasteiger charge is 2.22. The van der Waals surface area contributed by atoms with E-state index in [-0.39, 0.29) is 0 Å². The van der Waals surface area contributed by atoms with Crippen molar-refractivity contribution >= 4 is 71.6 Å². The van der Waals surface area contributed by atoms with Crippen LogP contribution in [0.25, 0.3) is 77.0 Å². The first-order chi connectivity index (χ1) is 24.3. The Labute approximate surface area is 282 Å². The van der Waals surface area contributed by atoms with Crippen LogP contribution in [0.2, 0.25) is 0 Å². The van der Waals surface area contributed by atoms with E-state index in [0.717, 1.165) is 89.3 Å². The van der Waals surface area contributed by atoms with Gasteiger partial charge in [0.15, 0.2) is 0 Å². The predicted molar refractivity (Wildman–Crippen MR) is 204 cm³/mol. The first-order valence-corrected chi connectivity index (χ1v) is 16.7. The molecule has 3 nitrogen and oxygen atoms in total. The molecule has 0 saturated heterocycles. The molecule has 1 aliphatic heterocycles. The van der Waals surface area contributed by atoms with Crippen molar-refractivity contribution in [3.8, 4) is 11.1 Å². The molecule has 3 heteroatoms. The lowest BCUT2D eigenvalue weighted by Gasteiger charge is -2.11. The molecule has 7 aromatic carbocycles. The average molecular weight is 628 g/mol. The summed E-state index contributed by atoms with van der Waals surface area (Å²) in [5, 5.41) is 6.67. The van der Waals surface area contributed by atoms with Crippen molar-refractivity contribution in [1.29, 1.82) is 0 Å². The molecule has 0 N–H and O–H groups in total. The van der Waals surface area contributed by atoms with Crippen LogP contribution in [0, 0.1) is 0 Å². The van der Waals surface area contributed by atoms with E-state index in [9.17, 15) is 0 Å². The van der Waals surface area contributed by atoms with Gasteiger partial charge in [-0.1, -0.05) is 133 Å². The summed E-state index contributed by atoms with van der Waals surface area (Å²) in [4.78, 5) is 5.38. The van der Waals surface area contributed by atoms with Crippen molar-refractivity contribution in [1.82, 2.24) is 0 Å². The van der Waals surface area contributed by atoms with Crippen LogP contribution in [-0.2, 0) is 0 Å². The smallest absolute Gasteiger partial charge is 0.144 e. The Morgan fingerprint density at radius 1 is 0.469 bits per heavy atom. The summed E-state index contributed by atoms with van der Waals surface area (Å²) in [6.45, 7) is 0. The second kappa shape index (κ2) is 11.1. The summed E-state index contributed by atoms with van der Waals surface area (Å²) in [5.41, 5.74) is 11.8. The van der Waals surface area contributed by atoms with E-state index >= 15 is 0 Å². The highest BCUT2D eigenvalue weighted by Crippen LogP contribution is 2.43. The fraction of sp³-hybridized carbons (Fsp3) is 0.0217. The Hall–Kier alpha value is -6.45. The van der Waals surface area contributed by atoms with E-state index in [1.54, 1.807) is 0 Å². The molecule has 9 aromatic rings. The zero-order valence-corrected chi connectivity index (χ0v) is 26.6. The molecule has 0 aliphatic carbocycles. The monoisotopic (exact) mass is 627 g/mol. The number of aliphatic imine (C=N–C) groups is 1. The van der Waals surface area contributed by atoms with Crippen LogP contribution in [0.4, 0.5) is 0 Å². The maximum Gasteiger partial charge on any atom is 0.144 e. The van der Waals surface area contributed by atoms with Crippen LogP contribution >= 0.6 is 0 Å². The first kappa shape index (κ1) is 27.6. The number of fused-ring (bicyclic) bond motifs is 7. The van der Waals surface area contributed by atoms with Crippen LogP contribution < -0.4 is 0 Å². The third-order valence-electron chi connectivity index (χ3n) is 9.74. The molecule has 230 valence electrons. The highest BCUT2D eigenvalue weighted by molar-refractivity contribution is 6.27. The third-order valence-corrected chi connectivity index (χ3v) is 9.74. The van der Waals surface area contributed by atoms with Gasteiger partial charge in [0.2, 0.25) is 0 Å². The van der Waals surface area contributed by atoms with Gasteiger partial charge in [0.05, 0.1) is 11.4 Å². The van der Waals surface area contributed by atoms with Crippen LogP contribution in [0.1, 0.15) is 23.1 Å². The number of furan rings is 2. The molecular weight excluding hydrogens is 599 g/mol. The van der Waals surface area contributed by atoms with E-state index in [4.69, 9.17) is 13.8 Å². The number of allylic oxidation sites excluding steroid dienone is 3. The fourth-order valence-corrected chi connectivity index (χ4v) is 7.37. The molecule has 2 aromatic heterocycles. The molecule has 0 atom stereocenters. The van der Waals surface area contributed by atoms with Crippen molar-refractivity contribution in [2.45, 2.75) is 6.42 Å². The van der Waals surface area contributed by atoms with Gasteiger partial charge in [-0.3, -0.25) is 0 Å². The summed E-state index contributed by atoms with van der Waals surface area (Å²) >= 11 is 0. The molecule has 0 fully saturated rings. The predicted octanol–water partition coefficient (Wildman–Crippen LogP) is 12.6. The second-order valence-corrected chi connectivity index (χ2v) is 12.6. The van der Waals surface area contributed by atoms with Gasteiger partial charge >= 0.3 is 0 Å². The quantitative estimate of drug-likeness (QED) is 0.195. The summed E-state index contributed by atoms with van der Waals surface area (Å²) in [6.07, 6.45) is 5.27. The molecular formula is C46H29NO2. The van der Waals surface area contributed by atoms with Gasteiger partial charge in [0.25, 0.3) is 0 Å². The number of hydrogen-bond acceptors (Lipinski definition) is 3. The van der Waals surface area contributed by atoms with Crippen LogP contribution in [-0.4, -0.2) is 5.71 Å². The SMILES string of the molecule is C1=C(c2ccccc2)CC=C(c2ccccc2)N=C1c1ccc(-c2cccc3c2oc2cc4ccccc4cc23)c2oc3ccccc3c12. The standard InChI is InChI=1S/C46H29NO2/c1-3-12-29(13-4-1)33-22-25-40(30-14-5-2-6-15-30)47-41(27-33)37-24-23-36(46-44(37)38-18-9-10-21-42(38)48-46)34-19-11-20-35-39-26-31-16-7-8-17-32(31)28-43(39)49-45(34)35/h1-21,23-28H,22H2. The molecule has 0 amide bonds. The minimum Gasteiger partial charge on any atom is -0.455 e. The Kier molecular flexibility index (Phi) is 6.25. The molecule has 1 aliphatic rings. The van der Waals surface area contributed by atoms with Gasteiger partial charge in [0.1, 0.15) is 22.3 Å². The van der Waals surface area contributed by atoms with Crippen molar-refractivity contribution < 1.29 is 8.83 Å². The Morgan fingerprint density at radius 3 is 1.96 bits per heavy atom. The lowest BCUT2D eigenvalue weighted by atomic mass is 9.93. The fourth-order valence-electron chi connectivity index (χ4n) is 7.37. The van der Waals surface area contributed by atoms with Crippen molar-refractivity contribution in [2.24, 2.45) is 4.99 Å². The van der Waals surface area contributed by atoms with E-state index < -0.39 is 0 Å². The number of benzene rings is 7. The van der Waals surface area contributed by atoms with Crippen LogP contribution in [0.15, 0.2) is 178 Å². The third kappa shape index (κ3) is 4.55. The number of para-hydroxylation sites is 2. The molecule has 10 rings (SSSR count). The van der Waals surface area contributed by atoms with Gasteiger partial charge in [-0.05, 0) is 64.2 Å². The highest BCUT2D eigenvalue weighted by atomic mass is 16.3. The Bertz CT molecular complexity index is 2830. The summed E-state index contributed by atoms with van der Waals surface area (Å²) in [7, 11) is 0. The normalized spacial score (nSPS) is 13.6. The number of rotatable bonds is 4. The van der Waals surface area contributed by atoms with Crippen LogP contribution in [0.5, 0.6) is 0 Å². The molecule has 0 radical (unpaired) electrons. The van der Waals surface area contributed by atoms with Crippen molar-refractivity contribution in [3.05, 3.63) is 181 Å². The number of hydrogen-bond donors (Lipinski definition) is 0. The van der Waals surface area contributed by atoms with E-state index in [1.807, 2.05) is 18.2 Å². The summed E-state index contributed by atoms with van der Waals surface area (Å²) < 4.78 is 13.5. The lowest BCUT2D eigenvalue weighted by Crippen LogP contribution is -2.00. The molecule has 0 saturated carbocycles. The summed E-state index contributed by atoms with van der Waals surface area (Å²) in [5.74, 6) is 0. The van der Waals surface area contributed by atoms with Crippen LogP contribution in [0.3, 0.4) is 0 Å².